The van der Waals surface area contributed by atoms with Crippen molar-refractivity contribution in [2.24, 2.45) is 5.92 Å². The van der Waals surface area contributed by atoms with Crippen LogP contribution < -0.4 is 15.0 Å². The first-order valence-electron chi connectivity index (χ1n) is 7.25. The van der Waals surface area contributed by atoms with Crippen molar-refractivity contribution < 1.29 is 4.74 Å². The normalized spacial score (nSPS) is 16.4. The summed E-state index contributed by atoms with van der Waals surface area (Å²) in [6, 6.07) is 1.95. The largest absolute Gasteiger partial charge is 0.495 e. The minimum atomic E-state index is 0.766. The molecule has 2 N–H and O–H groups in total. The van der Waals surface area contributed by atoms with Gasteiger partial charge in [0, 0.05) is 13.1 Å². The lowest BCUT2D eigenvalue weighted by Gasteiger charge is -2.30. The van der Waals surface area contributed by atoms with E-state index in [0.29, 0.717) is 0 Å². The number of aromatic nitrogens is 3. The first-order chi connectivity index (χ1) is 10.3. The molecule has 6 nitrogen and oxygen atoms in total. The molecule has 0 atom stereocenters. The van der Waals surface area contributed by atoms with E-state index in [2.05, 4.69) is 25.4 Å². The van der Waals surface area contributed by atoms with Gasteiger partial charge in [-0.25, -0.2) is 0 Å². The molecule has 3 rings (SSSR count). The van der Waals surface area contributed by atoms with Gasteiger partial charge in [0.2, 0.25) is 5.95 Å². The van der Waals surface area contributed by atoms with E-state index in [1.807, 2.05) is 18.5 Å². The van der Waals surface area contributed by atoms with Crippen molar-refractivity contribution in [2.75, 3.05) is 38.7 Å². The van der Waals surface area contributed by atoms with E-state index in [1.54, 1.807) is 18.4 Å². The molecule has 1 saturated heterocycles. The standard InChI is InChI=1S/C14H21N5OS/c1-15-9-10-3-6-19(7-4-10)14-16-13(17-18-14)12-11(20-2)5-8-21-12/h5,8,10,15H,3-4,6-7,9H2,1-2H3,(H,16,17,18). The lowest BCUT2D eigenvalue weighted by molar-refractivity contribution is 0.391. The Bertz CT molecular complexity index is 573. The molecule has 0 saturated carbocycles. The highest BCUT2D eigenvalue weighted by molar-refractivity contribution is 7.13. The van der Waals surface area contributed by atoms with Crippen LogP contribution in [0.2, 0.25) is 0 Å². The van der Waals surface area contributed by atoms with Crippen molar-refractivity contribution in [2.45, 2.75) is 12.8 Å². The average Bonchev–Trinajstić information content (AvgIpc) is 3.17. The van der Waals surface area contributed by atoms with E-state index in [-0.39, 0.29) is 0 Å². The fourth-order valence-corrected chi connectivity index (χ4v) is 3.55. The van der Waals surface area contributed by atoms with Crippen LogP contribution in [0.4, 0.5) is 5.95 Å². The van der Waals surface area contributed by atoms with Crippen molar-refractivity contribution in [1.82, 2.24) is 20.5 Å². The molecule has 1 aliphatic rings. The van der Waals surface area contributed by atoms with Crippen molar-refractivity contribution in [1.29, 1.82) is 0 Å². The van der Waals surface area contributed by atoms with Crippen LogP contribution in [0.5, 0.6) is 5.75 Å². The van der Waals surface area contributed by atoms with Gasteiger partial charge in [0.15, 0.2) is 5.82 Å². The Labute approximate surface area is 128 Å². The molecule has 3 heterocycles. The van der Waals surface area contributed by atoms with Crippen LogP contribution in [0.25, 0.3) is 10.7 Å². The van der Waals surface area contributed by atoms with Gasteiger partial charge in [0.05, 0.1) is 7.11 Å². The third-order valence-electron chi connectivity index (χ3n) is 3.93. The molecular formula is C14H21N5OS. The fourth-order valence-electron chi connectivity index (χ4n) is 2.75. The summed E-state index contributed by atoms with van der Waals surface area (Å²) in [4.78, 5) is 7.89. The molecule has 0 spiro atoms. The van der Waals surface area contributed by atoms with Gasteiger partial charge in [-0.1, -0.05) is 0 Å². The maximum atomic E-state index is 5.34. The van der Waals surface area contributed by atoms with Crippen molar-refractivity contribution in [3.05, 3.63) is 11.4 Å². The second-order valence-electron chi connectivity index (χ2n) is 5.29. The van der Waals surface area contributed by atoms with Crippen LogP contribution in [0.3, 0.4) is 0 Å². The van der Waals surface area contributed by atoms with E-state index in [1.165, 1.54) is 12.8 Å². The first kappa shape index (κ1) is 14.3. The number of nitrogens with zero attached hydrogens (tertiary/aromatic N) is 3. The number of thiophene rings is 1. The van der Waals surface area contributed by atoms with E-state index < -0.39 is 0 Å². The smallest absolute Gasteiger partial charge is 0.245 e. The summed E-state index contributed by atoms with van der Waals surface area (Å²) in [7, 11) is 3.69. The maximum absolute atomic E-state index is 5.34. The summed E-state index contributed by atoms with van der Waals surface area (Å²) in [6.07, 6.45) is 2.38. The predicted octanol–water partition coefficient (Wildman–Crippen LogP) is 1.98. The van der Waals surface area contributed by atoms with Crippen LogP contribution in [0.1, 0.15) is 12.8 Å². The first-order valence-corrected chi connectivity index (χ1v) is 8.13. The van der Waals surface area contributed by atoms with Gasteiger partial charge in [-0.2, -0.15) is 4.98 Å². The molecule has 21 heavy (non-hydrogen) atoms. The van der Waals surface area contributed by atoms with E-state index >= 15 is 0 Å². The molecule has 2 aromatic rings. The molecule has 0 aromatic carbocycles. The van der Waals surface area contributed by atoms with E-state index in [4.69, 9.17) is 4.74 Å². The topological polar surface area (TPSA) is 66.1 Å². The second-order valence-corrected chi connectivity index (χ2v) is 6.21. The summed E-state index contributed by atoms with van der Waals surface area (Å²) >= 11 is 1.61. The van der Waals surface area contributed by atoms with Gasteiger partial charge in [-0.3, -0.25) is 5.10 Å². The van der Waals surface area contributed by atoms with Gasteiger partial charge in [0.25, 0.3) is 0 Å². The Morgan fingerprint density at radius 1 is 1.48 bits per heavy atom. The molecule has 0 aliphatic carbocycles. The molecule has 7 heteroatoms. The van der Waals surface area contributed by atoms with Gasteiger partial charge in [-0.15, -0.1) is 16.4 Å². The number of methoxy groups -OCH3 is 1. The average molecular weight is 307 g/mol. The van der Waals surface area contributed by atoms with Crippen molar-refractivity contribution in [3.8, 4) is 16.5 Å². The number of aromatic amines is 1. The zero-order valence-electron chi connectivity index (χ0n) is 12.4. The monoisotopic (exact) mass is 307 g/mol. The summed E-state index contributed by atoms with van der Waals surface area (Å²) in [5.41, 5.74) is 0. The molecule has 0 amide bonds. The molecule has 2 aromatic heterocycles. The molecule has 0 unspecified atom stereocenters. The lowest BCUT2D eigenvalue weighted by atomic mass is 9.97. The summed E-state index contributed by atoms with van der Waals surface area (Å²) in [5, 5.41) is 12.7. The van der Waals surface area contributed by atoms with Crippen LogP contribution >= 0.6 is 11.3 Å². The van der Waals surface area contributed by atoms with Gasteiger partial charge in [-0.05, 0) is 43.8 Å². The maximum Gasteiger partial charge on any atom is 0.245 e. The van der Waals surface area contributed by atoms with E-state index in [0.717, 1.165) is 48.0 Å². The van der Waals surface area contributed by atoms with Crippen molar-refractivity contribution in [3.63, 3.8) is 0 Å². The number of rotatable bonds is 5. The molecule has 0 radical (unpaired) electrons. The third kappa shape index (κ3) is 3.03. The van der Waals surface area contributed by atoms with Crippen LogP contribution in [-0.2, 0) is 0 Å². The third-order valence-corrected chi connectivity index (χ3v) is 4.83. The Kier molecular flexibility index (Phi) is 4.40. The molecule has 0 bridgehead atoms. The van der Waals surface area contributed by atoms with Gasteiger partial charge in [0.1, 0.15) is 10.6 Å². The molecule has 114 valence electrons. The quantitative estimate of drug-likeness (QED) is 0.884. The Morgan fingerprint density at radius 2 is 2.29 bits per heavy atom. The highest BCUT2D eigenvalue weighted by Gasteiger charge is 2.22. The van der Waals surface area contributed by atoms with Crippen LogP contribution in [0, 0.1) is 5.92 Å². The highest BCUT2D eigenvalue weighted by atomic mass is 32.1. The van der Waals surface area contributed by atoms with E-state index in [9.17, 15) is 0 Å². The van der Waals surface area contributed by atoms with Gasteiger partial charge < -0.3 is 15.0 Å². The number of H-pyrrole nitrogens is 1. The predicted molar refractivity (Wildman–Crippen MR) is 85.1 cm³/mol. The zero-order valence-corrected chi connectivity index (χ0v) is 13.2. The molecule has 1 aliphatic heterocycles. The van der Waals surface area contributed by atoms with Crippen LogP contribution in [0.15, 0.2) is 11.4 Å². The second kappa shape index (κ2) is 6.44. The minimum Gasteiger partial charge on any atom is -0.495 e. The minimum absolute atomic E-state index is 0.766. The zero-order chi connectivity index (χ0) is 14.7. The number of nitrogens with one attached hydrogen (secondary N) is 2. The van der Waals surface area contributed by atoms with Crippen LogP contribution in [-0.4, -0.2) is 49.0 Å². The summed E-state index contributed by atoms with van der Waals surface area (Å²) in [5.74, 6) is 3.19. The lowest BCUT2D eigenvalue weighted by Crippen LogP contribution is -2.37. The Hall–Kier alpha value is -1.60. The molecular weight excluding hydrogens is 286 g/mol. The number of piperidine rings is 1. The van der Waals surface area contributed by atoms with Gasteiger partial charge >= 0.3 is 0 Å². The Balaban J connectivity index is 1.69. The fraction of sp³-hybridized carbons (Fsp3) is 0.571. The summed E-state index contributed by atoms with van der Waals surface area (Å²) in [6.45, 7) is 3.13. The number of anilines is 1. The number of hydrogen-bond acceptors (Lipinski definition) is 6. The Morgan fingerprint density at radius 3 is 3.00 bits per heavy atom. The highest BCUT2D eigenvalue weighted by Crippen LogP contribution is 2.33. The number of ether oxygens (including phenoxy) is 1. The molecule has 1 fully saturated rings. The SMILES string of the molecule is CNCC1CCN(c2n[nH]c(-c3sccc3OC)n2)CC1. The summed E-state index contributed by atoms with van der Waals surface area (Å²) < 4.78 is 5.34. The number of hydrogen-bond donors (Lipinski definition) is 2. The van der Waals surface area contributed by atoms with Crippen molar-refractivity contribution >= 4 is 17.3 Å².